The monoisotopic (exact) mass is 581 g/mol. The second-order valence-corrected chi connectivity index (χ2v) is 7.90. The molecule has 4 aromatic rings. The minimum absolute atomic E-state index is 0. The number of allylic oxidation sites excluding steroid dienone is 2. The maximum absolute atomic E-state index is 10.0. The molecule has 3 nitrogen and oxygen atoms in total. The van der Waals surface area contributed by atoms with Crippen LogP contribution in [0.2, 0.25) is 0 Å². The molecule has 1 radical (unpaired) electrons. The van der Waals surface area contributed by atoms with Crippen LogP contribution in [0.3, 0.4) is 0 Å². The van der Waals surface area contributed by atoms with Crippen LogP contribution in [-0.4, -0.2) is 15.9 Å². The van der Waals surface area contributed by atoms with Gasteiger partial charge in [0.1, 0.15) is 0 Å². The van der Waals surface area contributed by atoms with Gasteiger partial charge in [0.15, 0.2) is 5.78 Å². The fourth-order valence-corrected chi connectivity index (χ4v) is 4.17. The second kappa shape index (κ2) is 9.93. The van der Waals surface area contributed by atoms with Crippen molar-refractivity contribution in [2.24, 2.45) is 0 Å². The van der Waals surface area contributed by atoms with E-state index in [-0.39, 0.29) is 31.6 Å². The largest absolute Gasteiger partial charge is 0.512 e. The van der Waals surface area contributed by atoms with E-state index in [9.17, 15) is 4.79 Å². The molecule has 0 aliphatic carbocycles. The molecule has 151 valence electrons. The van der Waals surface area contributed by atoms with Crippen molar-refractivity contribution in [2.45, 2.75) is 27.7 Å². The Morgan fingerprint density at radius 2 is 1.83 bits per heavy atom. The number of hydrogen-bond acceptors (Lipinski definition) is 4. The van der Waals surface area contributed by atoms with Crippen molar-refractivity contribution in [1.29, 1.82) is 0 Å². The first-order valence-electron chi connectivity index (χ1n) is 9.01. The number of hydrogen-bond donors (Lipinski definition) is 1. The number of benzene rings is 2. The Morgan fingerprint density at radius 1 is 1.10 bits per heavy atom. The quantitative estimate of drug-likeness (QED) is 0.166. The molecule has 0 aliphatic heterocycles. The molecular weight excluding hydrogens is 559 g/mol. The van der Waals surface area contributed by atoms with Crippen molar-refractivity contribution in [2.75, 3.05) is 0 Å². The molecule has 2 aromatic heterocycles. The van der Waals surface area contributed by atoms with Gasteiger partial charge < -0.3 is 5.11 Å². The van der Waals surface area contributed by atoms with Crippen molar-refractivity contribution in [3.05, 3.63) is 77.0 Å². The third-order valence-electron chi connectivity index (χ3n) is 4.42. The Labute approximate surface area is 188 Å². The van der Waals surface area contributed by atoms with Crippen molar-refractivity contribution >= 4 is 38.0 Å². The summed E-state index contributed by atoms with van der Waals surface area (Å²) in [6.45, 7) is 7.21. The zero-order valence-corrected chi connectivity index (χ0v) is 20.0. The van der Waals surface area contributed by atoms with E-state index in [2.05, 4.69) is 67.4 Å². The van der Waals surface area contributed by atoms with Crippen LogP contribution in [0.4, 0.5) is 0 Å². The number of ketones is 1. The number of carbonyl (C=O) groups excluding carboxylic acids is 1. The van der Waals surface area contributed by atoms with E-state index in [0.717, 1.165) is 16.6 Å². The van der Waals surface area contributed by atoms with Crippen molar-refractivity contribution in [3.63, 3.8) is 0 Å². The van der Waals surface area contributed by atoms with E-state index in [4.69, 9.17) is 5.11 Å². The van der Waals surface area contributed by atoms with Crippen LogP contribution >= 0.6 is 11.3 Å². The number of aliphatic hydroxyl groups excluding tert-OH is 1. The molecule has 0 amide bonds. The number of aliphatic hydroxyl groups is 1. The molecular formula is C24H22IrNO2S-. The molecule has 0 saturated carbocycles. The molecule has 0 fully saturated rings. The van der Waals surface area contributed by atoms with Crippen molar-refractivity contribution < 1.29 is 30.0 Å². The summed E-state index contributed by atoms with van der Waals surface area (Å²) in [5.74, 6) is -0.0625. The van der Waals surface area contributed by atoms with E-state index in [1.165, 1.54) is 45.8 Å². The van der Waals surface area contributed by atoms with E-state index in [1.807, 2.05) is 17.5 Å². The Morgan fingerprint density at radius 3 is 2.48 bits per heavy atom. The molecule has 1 N–H and O–H groups in total. The van der Waals surface area contributed by atoms with Crippen LogP contribution in [0.25, 0.3) is 32.1 Å². The van der Waals surface area contributed by atoms with E-state index in [1.54, 1.807) is 0 Å². The van der Waals surface area contributed by atoms with Gasteiger partial charge in [0, 0.05) is 47.6 Å². The van der Waals surface area contributed by atoms with Gasteiger partial charge in [-0.1, -0.05) is 29.1 Å². The smallest absolute Gasteiger partial charge is 0.155 e. The third kappa shape index (κ3) is 5.39. The number of rotatable bonds is 2. The first-order valence-corrected chi connectivity index (χ1v) is 9.82. The van der Waals surface area contributed by atoms with Gasteiger partial charge >= 0.3 is 0 Å². The molecule has 29 heavy (non-hydrogen) atoms. The average Bonchev–Trinajstić information content (AvgIpc) is 2.95. The fourth-order valence-electron chi connectivity index (χ4n) is 3.01. The van der Waals surface area contributed by atoms with Gasteiger partial charge in [0.05, 0.1) is 5.76 Å². The minimum Gasteiger partial charge on any atom is -0.512 e. The van der Waals surface area contributed by atoms with Gasteiger partial charge in [0.2, 0.25) is 0 Å². The first kappa shape index (κ1) is 23.0. The van der Waals surface area contributed by atoms with Gasteiger partial charge in [-0.3, -0.25) is 9.78 Å². The predicted molar refractivity (Wildman–Crippen MR) is 118 cm³/mol. The Bertz CT molecular complexity index is 1190. The summed E-state index contributed by atoms with van der Waals surface area (Å²) in [6, 6.07) is 18.2. The summed E-state index contributed by atoms with van der Waals surface area (Å²) in [4.78, 5) is 16.0. The maximum atomic E-state index is 10.0. The van der Waals surface area contributed by atoms with E-state index in [0.29, 0.717) is 0 Å². The molecule has 2 aromatic carbocycles. The van der Waals surface area contributed by atoms with Crippen LogP contribution in [0.1, 0.15) is 24.3 Å². The normalized spacial score (nSPS) is 11.0. The van der Waals surface area contributed by atoms with Crippen LogP contribution < -0.4 is 0 Å². The summed E-state index contributed by atoms with van der Waals surface area (Å²) < 4.78 is 1.26. The number of aryl methyl sites for hydroxylation is 2. The Hall–Kier alpha value is -2.33. The molecule has 0 atom stereocenters. The van der Waals surface area contributed by atoms with Crippen LogP contribution in [0.5, 0.6) is 0 Å². The Balaban J connectivity index is 0.000000327. The zero-order valence-electron chi connectivity index (χ0n) is 16.7. The van der Waals surface area contributed by atoms with Crippen LogP contribution in [-0.2, 0) is 24.9 Å². The number of pyridine rings is 1. The average molecular weight is 581 g/mol. The molecule has 0 bridgehead atoms. The standard InChI is InChI=1S/C19H14NS.C5H8O2.Ir/c1-12-13(2)21-19-17(12)9-10-20-18(19)16-8-7-14-5-3-4-6-15(14)11-16;1-4(6)3-5(2)7;/h3-10H,1-2H3;3,6H,1-2H3;/q-1;;/b;4-3-;. The predicted octanol–water partition coefficient (Wildman–Crippen LogP) is 6.57. The molecule has 5 heteroatoms. The van der Waals surface area contributed by atoms with Crippen LogP contribution in [0, 0.1) is 19.9 Å². The van der Waals surface area contributed by atoms with Gasteiger partial charge in [0.25, 0.3) is 0 Å². The van der Waals surface area contributed by atoms with Gasteiger partial charge in [-0.15, -0.1) is 41.0 Å². The summed E-state index contributed by atoms with van der Waals surface area (Å²) in [6.07, 6.45) is 3.07. The topological polar surface area (TPSA) is 50.2 Å². The fraction of sp³-hybridized carbons (Fsp3) is 0.167. The van der Waals surface area contributed by atoms with E-state index < -0.39 is 0 Å². The number of fused-ring (bicyclic) bond motifs is 2. The minimum atomic E-state index is -0.125. The summed E-state index contributed by atoms with van der Waals surface area (Å²) >= 11 is 1.82. The van der Waals surface area contributed by atoms with Crippen molar-refractivity contribution in [1.82, 2.24) is 4.98 Å². The SMILES string of the molecule is CC(=O)/C=C(/C)O.Cc1sc2c(-c3[c-]c4ccccc4cc3)nccc2c1C.[Ir]. The number of nitrogens with zero attached hydrogens (tertiary/aromatic N) is 1. The first-order chi connectivity index (χ1) is 13.4. The van der Waals surface area contributed by atoms with Gasteiger partial charge in [-0.05, 0) is 44.7 Å². The number of carbonyl (C=O) groups is 1. The number of thiophene rings is 1. The summed E-state index contributed by atoms with van der Waals surface area (Å²) in [5, 5.41) is 12.0. The Kier molecular flexibility index (Phi) is 7.86. The second-order valence-electron chi connectivity index (χ2n) is 6.68. The van der Waals surface area contributed by atoms with Gasteiger partial charge in [-0.2, -0.15) is 0 Å². The van der Waals surface area contributed by atoms with Crippen molar-refractivity contribution in [3.8, 4) is 11.3 Å². The molecule has 0 unspecified atom stereocenters. The molecule has 0 spiro atoms. The molecule has 0 aliphatic rings. The zero-order chi connectivity index (χ0) is 20.3. The number of aromatic nitrogens is 1. The third-order valence-corrected chi connectivity index (χ3v) is 5.65. The van der Waals surface area contributed by atoms with E-state index >= 15 is 0 Å². The maximum Gasteiger partial charge on any atom is 0.155 e. The molecule has 2 heterocycles. The summed E-state index contributed by atoms with van der Waals surface area (Å²) in [7, 11) is 0. The van der Waals surface area contributed by atoms with Gasteiger partial charge in [-0.25, -0.2) is 0 Å². The van der Waals surface area contributed by atoms with Crippen LogP contribution in [0.15, 0.2) is 60.5 Å². The molecule has 0 saturated heterocycles. The summed E-state index contributed by atoms with van der Waals surface area (Å²) in [5.41, 5.74) is 3.47. The molecule has 4 rings (SSSR count).